The Morgan fingerprint density at radius 3 is 2.24 bits per heavy atom. The fraction of sp³-hybridized carbons (Fsp3) is 0.500. The first-order chi connectivity index (χ1) is 10.1. The SMILES string of the molecule is Cc1nc(C)n(-c2nc(N3CCCCC3)c(F)cc2F)n1. The zero-order chi connectivity index (χ0) is 15.0. The summed E-state index contributed by atoms with van der Waals surface area (Å²) in [5.74, 6) is -0.129. The van der Waals surface area contributed by atoms with Gasteiger partial charge in [-0.05, 0) is 33.1 Å². The van der Waals surface area contributed by atoms with Gasteiger partial charge in [-0.25, -0.2) is 18.7 Å². The second kappa shape index (κ2) is 5.38. The summed E-state index contributed by atoms with van der Waals surface area (Å²) in [5, 5.41) is 4.12. The Labute approximate surface area is 121 Å². The lowest BCUT2D eigenvalue weighted by atomic mass is 10.1. The number of hydrogen-bond acceptors (Lipinski definition) is 4. The van der Waals surface area contributed by atoms with E-state index < -0.39 is 11.6 Å². The van der Waals surface area contributed by atoms with Gasteiger partial charge in [0.05, 0.1) is 0 Å². The van der Waals surface area contributed by atoms with Crippen molar-refractivity contribution in [2.75, 3.05) is 18.0 Å². The minimum Gasteiger partial charge on any atom is -0.354 e. The fourth-order valence-electron chi connectivity index (χ4n) is 2.65. The molecule has 1 aliphatic heterocycles. The lowest BCUT2D eigenvalue weighted by molar-refractivity contribution is 0.529. The van der Waals surface area contributed by atoms with E-state index in [-0.39, 0.29) is 11.6 Å². The van der Waals surface area contributed by atoms with E-state index in [2.05, 4.69) is 15.1 Å². The van der Waals surface area contributed by atoms with Crippen LogP contribution in [0.4, 0.5) is 14.6 Å². The highest BCUT2D eigenvalue weighted by Gasteiger charge is 2.21. The van der Waals surface area contributed by atoms with Gasteiger partial charge in [0.15, 0.2) is 23.3 Å². The number of aryl methyl sites for hydroxylation is 2. The van der Waals surface area contributed by atoms with Crippen LogP contribution in [0.2, 0.25) is 0 Å². The van der Waals surface area contributed by atoms with Gasteiger partial charge in [-0.1, -0.05) is 0 Å². The maximum absolute atomic E-state index is 14.1. The molecule has 1 aliphatic rings. The van der Waals surface area contributed by atoms with E-state index >= 15 is 0 Å². The number of hydrogen-bond donors (Lipinski definition) is 0. The number of aromatic nitrogens is 4. The third kappa shape index (κ3) is 2.59. The summed E-state index contributed by atoms with van der Waals surface area (Å²) in [6, 6.07) is 0.878. The highest BCUT2D eigenvalue weighted by atomic mass is 19.1. The average Bonchev–Trinajstić information content (AvgIpc) is 2.79. The standard InChI is InChI=1S/C14H17F2N5/c1-9-17-10(2)21(19-9)14-12(16)8-11(15)13(18-14)20-6-4-3-5-7-20/h8H,3-7H2,1-2H3. The van der Waals surface area contributed by atoms with Gasteiger partial charge < -0.3 is 4.90 Å². The van der Waals surface area contributed by atoms with E-state index in [4.69, 9.17) is 0 Å². The molecule has 21 heavy (non-hydrogen) atoms. The molecule has 0 aromatic carbocycles. The molecule has 1 saturated heterocycles. The number of nitrogens with zero attached hydrogens (tertiary/aromatic N) is 5. The van der Waals surface area contributed by atoms with Gasteiger partial charge in [0.1, 0.15) is 11.6 Å². The number of halogens is 2. The number of piperidine rings is 1. The molecule has 5 nitrogen and oxygen atoms in total. The predicted molar refractivity (Wildman–Crippen MR) is 74.6 cm³/mol. The van der Waals surface area contributed by atoms with E-state index in [1.807, 2.05) is 4.90 Å². The highest BCUT2D eigenvalue weighted by molar-refractivity contribution is 5.45. The predicted octanol–water partition coefficient (Wildman–Crippen LogP) is 2.55. The van der Waals surface area contributed by atoms with E-state index in [0.717, 1.165) is 38.4 Å². The van der Waals surface area contributed by atoms with Crippen molar-refractivity contribution < 1.29 is 8.78 Å². The van der Waals surface area contributed by atoms with Crippen LogP contribution in [-0.4, -0.2) is 32.8 Å². The summed E-state index contributed by atoms with van der Waals surface area (Å²) in [7, 11) is 0. The molecule has 0 unspecified atom stereocenters. The molecule has 0 N–H and O–H groups in total. The largest absolute Gasteiger partial charge is 0.354 e. The minimum atomic E-state index is -0.735. The van der Waals surface area contributed by atoms with Gasteiger partial charge in [-0.3, -0.25) is 0 Å². The molecule has 0 saturated carbocycles. The van der Waals surface area contributed by atoms with Gasteiger partial charge in [0, 0.05) is 19.2 Å². The summed E-state index contributed by atoms with van der Waals surface area (Å²) in [5.41, 5.74) is 0. The molecule has 3 rings (SSSR count). The third-order valence-electron chi connectivity index (χ3n) is 3.62. The van der Waals surface area contributed by atoms with Gasteiger partial charge in [0.2, 0.25) is 0 Å². The Kier molecular flexibility index (Phi) is 3.57. The van der Waals surface area contributed by atoms with Crippen molar-refractivity contribution in [3.63, 3.8) is 0 Å². The molecule has 2 aromatic rings. The van der Waals surface area contributed by atoms with Gasteiger partial charge >= 0.3 is 0 Å². The number of pyridine rings is 1. The molecule has 0 atom stereocenters. The van der Waals surface area contributed by atoms with Gasteiger partial charge in [-0.2, -0.15) is 4.68 Å². The fourth-order valence-corrected chi connectivity index (χ4v) is 2.65. The van der Waals surface area contributed by atoms with Crippen LogP contribution < -0.4 is 4.90 Å². The Morgan fingerprint density at radius 1 is 0.952 bits per heavy atom. The van der Waals surface area contributed by atoms with Crippen LogP contribution in [0.25, 0.3) is 5.82 Å². The van der Waals surface area contributed by atoms with Crippen LogP contribution in [0.5, 0.6) is 0 Å². The molecule has 0 spiro atoms. The van der Waals surface area contributed by atoms with Crippen LogP contribution in [0.3, 0.4) is 0 Å². The quantitative estimate of drug-likeness (QED) is 0.853. The summed E-state index contributed by atoms with van der Waals surface area (Å²) in [4.78, 5) is 10.2. The van der Waals surface area contributed by atoms with E-state index in [1.54, 1.807) is 13.8 Å². The van der Waals surface area contributed by atoms with Crippen molar-refractivity contribution in [1.29, 1.82) is 0 Å². The monoisotopic (exact) mass is 293 g/mol. The van der Waals surface area contributed by atoms with Crippen molar-refractivity contribution in [2.24, 2.45) is 0 Å². The van der Waals surface area contributed by atoms with Gasteiger partial charge in [0.25, 0.3) is 0 Å². The number of anilines is 1. The molecule has 2 aromatic heterocycles. The van der Waals surface area contributed by atoms with Crippen LogP contribution >= 0.6 is 0 Å². The third-order valence-corrected chi connectivity index (χ3v) is 3.62. The Balaban J connectivity index is 2.07. The molecular formula is C14H17F2N5. The lowest BCUT2D eigenvalue weighted by Crippen LogP contribution is -2.31. The Bertz CT molecular complexity index is 662. The Hall–Kier alpha value is -2.05. The van der Waals surface area contributed by atoms with Crippen molar-refractivity contribution in [1.82, 2.24) is 19.7 Å². The molecule has 0 aliphatic carbocycles. The van der Waals surface area contributed by atoms with Crippen molar-refractivity contribution in [3.8, 4) is 5.82 Å². The van der Waals surface area contributed by atoms with Crippen LogP contribution in [0, 0.1) is 25.5 Å². The van der Waals surface area contributed by atoms with Crippen LogP contribution in [0.15, 0.2) is 6.07 Å². The van der Waals surface area contributed by atoms with Crippen molar-refractivity contribution in [2.45, 2.75) is 33.1 Å². The molecule has 0 amide bonds. The van der Waals surface area contributed by atoms with E-state index in [1.165, 1.54) is 4.68 Å². The smallest absolute Gasteiger partial charge is 0.193 e. The second-order valence-electron chi connectivity index (χ2n) is 5.26. The molecule has 3 heterocycles. The number of rotatable bonds is 2. The topological polar surface area (TPSA) is 46.8 Å². The second-order valence-corrected chi connectivity index (χ2v) is 5.26. The lowest BCUT2D eigenvalue weighted by Gasteiger charge is -2.28. The average molecular weight is 293 g/mol. The summed E-state index contributed by atoms with van der Waals surface area (Å²) >= 11 is 0. The first kappa shape index (κ1) is 13.9. The maximum atomic E-state index is 14.1. The molecular weight excluding hydrogens is 276 g/mol. The van der Waals surface area contributed by atoms with E-state index in [9.17, 15) is 8.78 Å². The first-order valence-electron chi connectivity index (χ1n) is 7.08. The normalized spacial score (nSPS) is 15.5. The first-order valence-corrected chi connectivity index (χ1v) is 7.08. The van der Waals surface area contributed by atoms with E-state index in [0.29, 0.717) is 11.6 Å². The summed E-state index contributed by atoms with van der Waals surface area (Å²) in [6.07, 6.45) is 3.12. The minimum absolute atomic E-state index is 0.00456. The molecule has 112 valence electrons. The summed E-state index contributed by atoms with van der Waals surface area (Å²) in [6.45, 7) is 4.91. The van der Waals surface area contributed by atoms with Crippen molar-refractivity contribution >= 4 is 5.82 Å². The molecule has 1 fully saturated rings. The van der Waals surface area contributed by atoms with Gasteiger partial charge in [-0.15, -0.1) is 5.10 Å². The summed E-state index contributed by atoms with van der Waals surface area (Å²) < 4.78 is 29.4. The molecule has 7 heteroatoms. The molecule has 0 radical (unpaired) electrons. The van der Waals surface area contributed by atoms with Crippen molar-refractivity contribution in [3.05, 3.63) is 29.3 Å². The maximum Gasteiger partial charge on any atom is 0.193 e. The molecule has 0 bridgehead atoms. The zero-order valence-corrected chi connectivity index (χ0v) is 12.1. The van der Waals surface area contributed by atoms with Crippen LogP contribution in [-0.2, 0) is 0 Å². The Morgan fingerprint density at radius 2 is 1.62 bits per heavy atom. The zero-order valence-electron chi connectivity index (χ0n) is 12.1. The van der Waals surface area contributed by atoms with Crippen LogP contribution in [0.1, 0.15) is 30.9 Å². The highest BCUT2D eigenvalue weighted by Crippen LogP contribution is 2.24.